The SMILES string of the molecule is Cn1ccnc1CNc1cc(N)cc(Cl)n1. The molecule has 0 amide bonds. The Morgan fingerprint density at radius 2 is 2.31 bits per heavy atom. The molecule has 2 aromatic heterocycles. The van der Waals surface area contributed by atoms with E-state index in [1.807, 2.05) is 17.8 Å². The Morgan fingerprint density at radius 1 is 1.50 bits per heavy atom. The zero-order valence-electron chi connectivity index (χ0n) is 8.81. The fourth-order valence-electron chi connectivity index (χ4n) is 1.34. The second-order valence-electron chi connectivity index (χ2n) is 3.42. The Balaban J connectivity index is 2.07. The van der Waals surface area contributed by atoms with Crippen LogP contribution in [-0.2, 0) is 13.6 Å². The molecule has 6 heteroatoms. The number of nitrogens with two attached hydrogens (primary N) is 1. The van der Waals surface area contributed by atoms with Crippen molar-refractivity contribution >= 4 is 23.1 Å². The topological polar surface area (TPSA) is 68.8 Å². The second-order valence-corrected chi connectivity index (χ2v) is 3.80. The number of nitrogen functional groups attached to an aromatic ring is 1. The van der Waals surface area contributed by atoms with Gasteiger partial charge in [-0.05, 0) is 6.07 Å². The van der Waals surface area contributed by atoms with Crippen LogP contribution in [0, 0.1) is 0 Å². The summed E-state index contributed by atoms with van der Waals surface area (Å²) >= 11 is 5.79. The number of aryl methyl sites for hydroxylation is 1. The van der Waals surface area contributed by atoms with Crippen molar-refractivity contribution in [2.75, 3.05) is 11.1 Å². The van der Waals surface area contributed by atoms with Crippen molar-refractivity contribution in [3.63, 3.8) is 0 Å². The predicted molar refractivity (Wildman–Crippen MR) is 64.2 cm³/mol. The fraction of sp³-hybridized carbons (Fsp3) is 0.200. The minimum absolute atomic E-state index is 0.377. The van der Waals surface area contributed by atoms with Gasteiger partial charge in [0.05, 0.1) is 6.54 Å². The van der Waals surface area contributed by atoms with Gasteiger partial charge in [0.1, 0.15) is 16.8 Å². The molecule has 16 heavy (non-hydrogen) atoms. The molecule has 0 atom stereocenters. The molecule has 0 bridgehead atoms. The number of pyridine rings is 1. The standard InChI is InChI=1S/C10H12ClN5/c1-16-3-2-13-10(16)6-14-9-5-7(12)4-8(11)15-9/h2-5H,6H2,1H3,(H3,12,14,15). The van der Waals surface area contributed by atoms with E-state index >= 15 is 0 Å². The van der Waals surface area contributed by atoms with Crippen molar-refractivity contribution < 1.29 is 0 Å². The molecular weight excluding hydrogens is 226 g/mol. The molecule has 0 radical (unpaired) electrons. The first kappa shape index (κ1) is 10.8. The lowest BCUT2D eigenvalue weighted by Gasteiger charge is -2.06. The predicted octanol–water partition coefficient (Wildman–Crippen LogP) is 1.66. The Labute approximate surface area is 98.3 Å². The van der Waals surface area contributed by atoms with Crippen LogP contribution in [0.4, 0.5) is 11.5 Å². The van der Waals surface area contributed by atoms with Gasteiger partial charge < -0.3 is 15.6 Å². The number of halogens is 1. The van der Waals surface area contributed by atoms with E-state index in [1.165, 1.54) is 0 Å². The summed E-state index contributed by atoms with van der Waals surface area (Å²) in [5, 5.41) is 3.49. The minimum atomic E-state index is 0.377. The molecule has 5 nitrogen and oxygen atoms in total. The van der Waals surface area contributed by atoms with Crippen molar-refractivity contribution in [1.82, 2.24) is 14.5 Å². The number of anilines is 2. The third-order valence-corrected chi connectivity index (χ3v) is 2.36. The summed E-state index contributed by atoms with van der Waals surface area (Å²) in [5.41, 5.74) is 6.24. The van der Waals surface area contributed by atoms with Gasteiger partial charge in [0.2, 0.25) is 0 Å². The first-order chi connectivity index (χ1) is 7.65. The van der Waals surface area contributed by atoms with Gasteiger partial charge in [-0.2, -0.15) is 0 Å². The lowest BCUT2D eigenvalue weighted by atomic mass is 10.4. The molecule has 0 spiro atoms. The number of hydrogen-bond acceptors (Lipinski definition) is 4. The van der Waals surface area contributed by atoms with Gasteiger partial charge in [-0.1, -0.05) is 11.6 Å². The van der Waals surface area contributed by atoms with Crippen LogP contribution in [0.1, 0.15) is 5.82 Å². The number of imidazole rings is 1. The molecule has 0 aliphatic heterocycles. The van der Waals surface area contributed by atoms with Crippen LogP contribution in [0.5, 0.6) is 0 Å². The summed E-state index contributed by atoms with van der Waals surface area (Å²) < 4.78 is 1.93. The van der Waals surface area contributed by atoms with Crippen molar-refractivity contribution in [2.45, 2.75) is 6.54 Å². The zero-order chi connectivity index (χ0) is 11.5. The van der Waals surface area contributed by atoms with Crippen LogP contribution in [0.3, 0.4) is 0 Å². The average molecular weight is 238 g/mol. The van der Waals surface area contributed by atoms with Crippen molar-refractivity contribution in [1.29, 1.82) is 0 Å². The second kappa shape index (κ2) is 4.40. The minimum Gasteiger partial charge on any atom is -0.399 e. The van der Waals surface area contributed by atoms with E-state index in [9.17, 15) is 0 Å². The van der Waals surface area contributed by atoms with Crippen molar-refractivity contribution in [3.05, 3.63) is 35.5 Å². The summed E-state index contributed by atoms with van der Waals surface area (Å²) in [7, 11) is 1.93. The van der Waals surface area contributed by atoms with Crippen LogP contribution in [-0.4, -0.2) is 14.5 Å². The quantitative estimate of drug-likeness (QED) is 0.797. The van der Waals surface area contributed by atoms with Gasteiger partial charge in [-0.15, -0.1) is 0 Å². The highest BCUT2D eigenvalue weighted by molar-refractivity contribution is 6.29. The highest BCUT2D eigenvalue weighted by Gasteiger charge is 2.01. The maximum atomic E-state index is 5.79. The molecule has 2 rings (SSSR count). The third-order valence-electron chi connectivity index (χ3n) is 2.17. The largest absolute Gasteiger partial charge is 0.399 e. The highest BCUT2D eigenvalue weighted by Crippen LogP contribution is 2.16. The van der Waals surface area contributed by atoms with Crippen LogP contribution < -0.4 is 11.1 Å². The van der Waals surface area contributed by atoms with E-state index < -0.39 is 0 Å². The van der Waals surface area contributed by atoms with E-state index in [4.69, 9.17) is 17.3 Å². The van der Waals surface area contributed by atoms with Gasteiger partial charge in [0.25, 0.3) is 0 Å². The van der Waals surface area contributed by atoms with Crippen LogP contribution >= 0.6 is 11.6 Å². The summed E-state index contributed by atoms with van der Waals surface area (Å²) in [6.07, 6.45) is 3.63. The Hall–Kier alpha value is -1.75. The molecule has 0 saturated carbocycles. The summed E-state index contributed by atoms with van der Waals surface area (Å²) in [5.74, 6) is 1.56. The van der Waals surface area contributed by atoms with Crippen molar-refractivity contribution in [2.24, 2.45) is 7.05 Å². The molecule has 0 saturated heterocycles. The van der Waals surface area contributed by atoms with E-state index in [0.29, 0.717) is 23.2 Å². The van der Waals surface area contributed by atoms with Gasteiger partial charge in [-0.3, -0.25) is 0 Å². The number of hydrogen-bond donors (Lipinski definition) is 2. The highest BCUT2D eigenvalue weighted by atomic mass is 35.5. The van der Waals surface area contributed by atoms with Gasteiger partial charge >= 0.3 is 0 Å². The van der Waals surface area contributed by atoms with Gasteiger partial charge in [0, 0.05) is 31.2 Å². The molecule has 0 aliphatic rings. The number of nitrogens with zero attached hydrogens (tertiary/aromatic N) is 3. The molecular formula is C10H12ClN5. The van der Waals surface area contributed by atoms with Gasteiger partial charge in [0.15, 0.2) is 0 Å². The molecule has 3 N–H and O–H groups in total. The fourth-order valence-corrected chi connectivity index (χ4v) is 1.56. The Morgan fingerprint density at radius 3 is 2.94 bits per heavy atom. The summed E-state index contributed by atoms with van der Waals surface area (Å²) in [6.45, 7) is 0.580. The number of nitrogens with one attached hydrogen (secondary N) is 1. The third kappa shape index (κ3) is 2.43. The van der Waals surface area contributed by atoms with E-state index in [0.717, 1.165) is 5.82 Å². The maximum absolute atomic E-state index is 5.79. The van der Waals surface area contributed by atoms with Crippen molar-refractivity contribution in [3.8, 4) is 0 Å². The Bertz CT molecular complexity index is 473. The van der Waals surface area contributed by atoms with E-state index in [1.54, 1.807) is 18.3 Å². The summed E-state index contributed by atoms with van der Waals surface area (Å²) in [4.78, 5) is 8.28. The number of aromatic nitrogens is 3. The molecule has 84 valence electrons. The molecule has 2 aromatic rings. The maximum Gasteiger partial charge on any atom is 0.133 e. The molecule has 0 fully saturated rings. The normalized spacial score (nSPS) is 10.4. The molecule has 2 heterocycles. The van der Waals surface area contributed by atoms with E-state index in [2.05, 4.69) is 15.3 Å². The van der Waals surface area contributed by atoms with E-state index in [-0.39, 0.29) is 0 Å². The molecule has 0 unspecified atom stereocenters. The smallest absolute Gasteiger partial charge is 0.133 e. The van der Waals surface area contributed by atoms with Crippen LogP contribution in [0.25, 0.3) is 0 Å². The van der Waals surface area contributed by atoms with Crippen LogP contribution in [0.2, 0.25) is 5.15 Å². The first-order valence-electron chi connectivity index (χ1n) is 4.78. The monoisotopic (exact) mass is 237 g/mol. The Kier molecular flexibility index (Phi) is 2.96. The van der Waals surface area contributed by atoms with Crippen LogP contribution in [0.15, 0.2) is 24.5 Å². The summed E-state index contributed by atoms with van der Waals surface area (Å²) in [6, 6.07) is 3.34. The first-order valence-corrected chi connectivity index (χ1v) is 5.16. The number of rotatable bonds is 3. The average Bonchev–Trinajstić information content (AvgIpc) is 2.59. The molecule has 0 aromatic carbocycles. The zero-order valence-corrected chi connectivity index (χ0v) is 9.57. The molecule has 0 aliphatic carbocycles. The lowest BCUT2D eigenvalue weighted by Crippen LogP contribution is -2.07. The van der Waals surface area contributed by atoms with Gasteiger partial charge in [-0.25, -0.2) is 9.97 Å². The lowest BCUT2D eigenvalue weighted by molar-refractivity contribution is 0.811.